The van der Waals surface area contributed by atoms with Crippen LogP contribution in [0.15, 0.2) is 30.3 Å². The second kappa shape index (κ2) is 6.52. The number of nitrogens with zero attached hydrogens (tertiary/aromatic N) is 1. The number of carbonyl (C=O) groups is 2. The molecule has 0 spiro atoms. The molecule has 0 fully saturated rings. The second-order valence-electron chi connectivity index (χ2n) is 3.39. The van der Waals surface area contributed by atoms with Crippen molar-refractivity contribution in [1.82, 2.24) is 4.90 Å². The van der Waals surface area contributed by atoms with Crippen LogP contribution in [0.25, 0.3) is 0 Å². The van der Waals surface area contributed by atoms with Crippen molar-refractivity contribution in [3.8, 4) is 0 Å². The van der Waals surface area contributed by atoms with Crippen LogP contribution in [0.2, 0.25) is 0 Å². The third kappa shape index (κ3) is 4.14. The van der Waals surface area contributed by atoms with Gasteiger partial charge in [0.2, 0.25) is 0 Å². The number of esters is 1. The van der Waals surface area contributed by atoms with Gasteiger partial charge in [0.15, 0.2) is 0 Å². The Balaban J connectivity index is 2.58. The fourth-order valence-electron chi connectivity index (χ4n) is 1.27. The normalized spacial score (nSPS) is 9.53. The maximum atomic E-state index is 11.8. The summed E-state index contributed by atoms with van der Waals surface area (Å²) in [5.41, 5.74) is 0.695. The lowest BCUT2D eigenvalue weighted by molar-refractivity contribution is -0.141. The Labute approximate surface area is 100 Å². The van der Waals surface area contributed by atoms with Crippen molar-refractivity contribution in [1.29, 1.82) is 0 Å². The van der Waals surface area contributed by atoms with Crippen LogP contribution >= 0.6 is 0 Å². The highest BCUT2D eigenvalue weighted by molar-refractivity contribution is 5.91. The van der Waals surface area contributed by atoms with Crippen LogP contribution in [0.3, 0.4) is 0 Å². The number of methoxy groups -OCH3 is 1. The highest BCUT2D eigenvalue weighted by Gasteiger charge is 2.15. The number of likely N-dealkylation sites (N-methyl/N-ethyl adjacent to an activating group) is 1. The molecule has 0 aliphatic carbocycles. The fourth-order valence-corrected chi connectivity index (χ4v) is 1.27. The summed E-state index contributed by atoms with van der Waals surface area (Å²) in [5.74, 6) is -0.435. The third-order valence-electron chi connectivity index (χ3n) is 2.24. The van der Waals surface area contributed by atoms with Crippen LogP contribution in [0, 0.1) is 0 Å². The largest absolute Gasteiger partial charge is 0.468 e. The van der Waals surface area contributed by atoms with E-state index in [9.17, 15) is 9.59 Å². The van der Waals surface area contributed by atoms with E-state index in [-0.39, 0.29) is 12.6 Å². The summed E-state index contributed by atoms with van der Waals surface area (Å²) < 4.78 is 4.52. The average molecular weight is 236 g/mol. The first-order valence-electron chi connectivity index (χ1n) is 5.35. The molecule has 0 saturated carbocycles. The molecule has 17 heavy (non-hydrogen) atoms. The standard InChI is InChI=1S/C12H16N2O3/c1-3-14(9-11(15)17-2)12(16)13-10-7-5-4-6-8-10/h4-8H,3,9H2,1-2H3,(H,13,16). The molecule has 0 radical (unpaired) electrons. The van der Waals surface area contributed by atoms with Crippen molar-refractivity contribution in [2.24, 2.45) is 0 Å². The molecule has 0 unspecified atom stereocenters. The van der Waals surface area contributed by atoms with Crippen molar-refractivity contribution >= 4 is 17.7 Å². The van der Waals surface area contributed by atoms with Crippen LogP contribution in [0.1, 0.15) is 6.92 Å². The number of ether oxygens (including phenoxy) is 1. The lowest BCUT2D eigenvalue weighted by Gasteiger charge is -2.19. The highest BCUT2D eigenvalue weighted by Crippen LogP contribution is 2.06. The van der Waals surface area contributed by atoms with Crippen LogP contribution in [-0.4, -0.2) is 37.1 Å². The Hall–Kier alpha value is -2.04. The molecule has 0 atom stereocenters. The number of carbonyl (C=O) groups excluding carboxylic acids is 2. The zero-order chi connectivity index (χ0) is 12.7. The van der Waals surface area contributed by atoms with Gasteiger partial charge in [-0.1, -0.05) is 18.2 Å². The van der Waals surface area contributed by atoms with Gasteiger partial charge in [0.1, 0.15) is 6.54 Å². The minimum absolute atomic E-state index is 0.0499. The smallest absolute Gasteiger partial charge is 0.325 e. The Morgan fingerprint density at radius 1 is 1.29 bits per heavy atom. The molecule has 0 aliphatic rings. The molecule has 0 bridgehead atoms. The van der Waals surface area contributed by atoms with Gasteiger partial charge in [0.25, 0.3) is 0 Å². The molecule has 5 nitrogen and oxygen atoms in total. The predicted octanol–water partition coefficient (Wildman–Crippen LogP) is 1.71. The number of hydrogen-bond donors (Lipinski definition) is 1. The Morgan fingerprint density at radius 3 is 2.47 bits per heavy atom. The van der Waals surface area contributed by atoms with Crippen molar-refractivity contribution in [3.05, 3.63) is 30.3 Å². The van der Waals surface area contributed by atoms with Crippen LogP contribution in [-0.2, 0) is 9.53 Å². The number of hydrogen-bond acceptors (Lipinski definition) is 3. The Morgan fingerprint density at radius 2 is 1.94 bits per heavy atom. The van der Waals surface area contributed by atoms with Crippen molar-refractivity contribution in [3.63, 3.8) is 0 Å². The zero-order valence-corrected chi connectivity index (χ0v) is 9.97. The van der Waals surface area contributed by atoms with Crippen molar-refractivity contribution in [2.45, 2.75) is 6.92 Å². The quantitative estimate of drug-likeness (QED) is 0.810. The molecule has 1 N–H and O–H groups in total. The van der Waals surface area contributed by atoms with E-state index < -0.39 is 5.97 Å². The lowest BCUT2D eigenvalue weighted by atomic mass is 10.3. The van der Waals surface area contributed by atoms with Crippen molar-refractivity contribution < 1.29 is 14.3 Å². The first kappa shape index (κ1) is 13.0. The molecule has 92 valence electrons. The number of para-hydroxylation sites is 1. The molecule has 2 amide bonds. The van der Waals surface area contributed by atoms with E-state index >= 15 is 0 Å². The Kier molecular flexibility index (Phi) is 5.00. The Bertz CT molecular complexity index is 379. The summed E-state index contributed by atoms with van der Waals surface area (Å²) in [4.78, 5) is 24.3. The minimum Gasteiger partial charge on any atom is -0.468 e. The van der Waals surface area contributed by atoms with Gasteiger partial charge in [-0.3, -0.25) is 4.79 Å². The SMILES string of the molecule is CCN(CC(=O)OC)C(=O)Nc1ccccc1. The molecule has 0 heterocycles. The maximum absolute atomic E-state index is 11.8. The fraction of sp³-hybridized carbons (Fsp3) is 0.333. The van der Waals surface area contributed by atoms with Crippen LogP contribution in [0.4, 0.5) is 10.5 Å². The number of urea groups is 1. The van der Waals surface area contributed by atoms with Crippen LogP contribution < -0.4 is 5.32 Å². The minimum atomic E-state index is -0.435. The van der Waals surface area contributed by atoms with Gasteiger partial charge < -0.3 is 15.0 Å². The van der Waals surface area contributed by atoms with Gasteiger partial charge in [-0.25, -0.2) is 4.79 Å². The highest BCUT2D eigenvalue weighted by atomic mass is 16.5. The van der Waals surface area contributed by atoms with E-state index in [1.165, 1.54) is 12.0 Å². The number of anilines is 1. The van der Waals surface area contributed by atoms with Crippen LogP contribution in [0.5, 0.6) is 0 Å². The summed E-state index contributed by atoms with van der Waals surface area (Å²) >= 11 is 0. The average Bonchev–Trinajstić information content (AvgIpc) is 2.36. The first-order chi connectivity index (χ1) is 8.17. The summed E-state index contributed by atoms with van der Waals surface area (Å²) in [6.45, 7) is 2.19. The summed E-state index contributed by atoms with van der Waals surface area (Å²) in [6.07, 6.45) is 0. The van der Waals surface area contributed by atoms with E-state index in [0.717, 1.165) is 0 Å². The van der Waals surface area contributed by atoms with Gasteiger partial charge in [-0.15, -0.1) is 0 Å². The van der Waals surface area contributed by atoms with E-state index in [1.54, 1.807) is 19.1 Å². The molecule has 1 aromatic carbocycles. The molecule has 5 heteroatoms. The van der Waals surface area contributed by atoms with Gasteiger partial charge in [-0.05, 0) is 19.1 Å². The van der Waals surface area contributed by atoms with E-state index in [2.05, 4.69) is 10.1 Å². The van der Waals surface area contributed by atoms with E-state index in [1.807, 2.05) is 18.2 Å². The summed E-state index contributed by atoms with van der Waals surface area (Å²) in [5, 5.41) is 2.70. The number of rotatable bonds is 4. The van der Waals surface area contributed by atoms with Crippen molar-refractivity contribution in [2.75, 3.05) is 25.5 Å². The molecule has 1 rings (SSSR count). The first-order valence-corrected chi connectivity index (χ1v) is 5.35. The summed E-state index contributed by atoms with van der Waals surface area (Å²) in [6, 6.07) is 8.76. The van der Waals surface area contributed by atoms with Gasteiger partial charge in [0.05, 0.1) is 7.11 Å². The van der Waals surface area contributed by atoms with Gasteiger partial charge >= 0.3 is 12.0 Å². The molecule has 0 aromatic heterocycles. The zero-order valence-electron chi connectivity index (χ0n) is 9.97. The molecule has 0 aliphatic heterocycles. The molecule has 1 aromatic rings. The molecular formula is C12H16N2O3. The molecule has 0 saturated heterocycles. The molecular weight excluding hydrogens is 220 g/mol. The van der Waals surface area contributed by atoms with Gasteiger partial charge in [0, 0.05) is 12.2 Å². The topological polar surface area (TPSA) is 58.6 Å². The number of benzene rings is 1. The monoisotopic (exact) mass is 236 g/mol. The third-order valence-corrected chi connectivity index (χ3v) is 2.24. The van der Waals surface area contributed by atoms with Gasteiger partial charge in [-0.2, -0.15) is 0 Å². The maximum Gasteiger partial charge on any atom is 0.325 e. The number of nitrogens with one attached hydrogen (secondary N) is 1. The lowest BCUT2D eigenvalue weighted by Crippen LogP contribution is -2.38. The summed E-state index contributed by atoms with van der Waals surface area (Å²) in [7, 11) is 1.30. The number of amides is 2. The van der Waals surface area contributed by atoms with E-state index in [0.29, 0.717) is 12.2 Å². The van der Waals surface area contributed by atoms with E-state index in [4.69, 9.17) is 0 Å². The predicted molar refractivity (Wildman–Crippen MR) is 64.7 cm³/mol. The second-order valence-corrected chi connectivity index (χ2v) is 3.39.